The number of carbonyl (C=O) groups is 2. The lowest BCUT2D eigenvalue weighted by molar-refractivity contribution is 0.0697. The maximum absolute atomic E-state index is 12.6. The summed E-state index contributed by atoms with van der Waals surface area (Å²) in [6, 6.07) is 10.1. The predicted octanol–water partition coefficient (Wildman–Crippen LogP) is 4.56. The third-order valence-corrected chi connectivity index (χ3v) is 6.34. The molecule has 0 unspecified atom stereocenters. The van der Waals surface area contributed by atoms with Gasteiger partial charge in [-0.25, -0.2) is 4.98 Å². The van der Waals surface area contributed by atoms with Crippen LogP contribution in [0.3, 0.4) is 0 Å². The highest BCUT2D eigenvalue weighted by atomic mass is 32.1. The number of hydrogen-bond donors (Lipinski definition) is 1. The molecule has 1 fully saturated rings. The van der Waals surface area contributed by atoms with Crippen molar-refractivity contribution in [1.29, 1.82) is 0 Å². The smallest absolute Gasteiger partial charge is 0.270 e. The van der Waals surface area contributed by atoms with Crippen LogP contribution in [0.4, 0.5) is 0 Å². The lowest BCUT2D eigenvalue weighted by atomic mass is 10.0. The third-order valence-electron chi connectivity index (χ3n) is 5.45. The number of benzene rings is 1. The van der Waals surface area contributed by atoms with Gasteiger partial charge in [0.2, 0.25) is 0 Å². The first-order chi connectivity index (χ1) is 14.5. The van der Waals surface area contributed by atoms with Crippen molar-refractivity contribution in [1.82, 2.24) is 15.2 Å². The summed E-state index contributed by atoms with van der Waals surface area (Å²) in [5, 5.41) is 5.71. The SMILES string of the molecule is CC(C)c1ccc(-c2nc(C(=O)NC3CCN(C(=O)c4ccoc4)CC3)cs2)cc1. The van der Waals surface area contributed by atoms with Gasteiger partial charge in [-0.2, -0.15) is 0 Å². The Morgan fingerprint density at radius 3 is 2.53 bits per heavy atom. The summed E-state index contributed by atoms with van der Waals surface area (Å²) >= 11 is 1.48. The number of rotatable bonds is 5. The summed E-state index contributed by atoms with van der Waals surface area (Å²) in [6.07, 6.45) is 4.42. The molecule has 0 radical (unpaired) electrons. The van der Waals surface area contributed by atoms with E-state index < -0.39 is 0 Å². The molecule has 1 saturated heterocycles. The molecule has 0 saturated carbocycles. The molecular formula is C23H25N3O3S. The Morgan fingerprint density at radius 2 is 1.90 bits per heavy atom. The number of hydrogen-bond acceptors (Lipinski definition) is 5. The van der Waals surface area contributed by atoms with Crippen molar-refractivity contribution in [2.45, 2.75) is 38.6 Å². The van der Waals surface area contributed by atoms with Crippen molar-refractivity contribution < 1.29 is 14.0 Å². The quantitative estimate of drug-likeness (QED) is 0.653. The summed E-state index contributed by atoms with van der Waals surface area (Å²) in [7, 11) is 0. The van der Waals surface area contributed by atoms with Crippen LogP contribution in [-0.4, -0.2) is 40.8 Å². The second kappa shape index (κ2) is 8.83. The van der Waals surface area contributed by atoms with Crippen molar-refractivity contribution in [3.63, 3.8) is 0 Å². The van der Waals surface area contributed by atoms with E-state index in [2.05, 4.69) is 48.4 Å². The normalized spacial score (nSPS) is 14.8. The Kier molecular flexibility index (Phi) is 5.99. The molecule has 3 aromatic rings. The molecule has 4 rings (SSSR count). The fraction of sp³-hybridized carbons (Fsp3) is 0.348. The second-order valence-corrected chi connectivity index (χ2v) is 8.72. The van der Waals surface area contributed by atoms with E-state index in [1.807, 2.05) is 0 Å². The minimum absolute atomic E-state index is 0.0267. The molecule has 2 aromatic heterocycles. The van der Waals surface area contributed by atoms with Gasteiger partial charge in [-0.05, 0) is 30.4 Å². The van der Waals surface area contributed by atoms with Crippen LogP contribution in [0, 0.1) is 0 Å². The van der Waals surface area contributed by atoms with Crippen molar-refractivity contribution in [3.8, 4) is 10.6 Å². The minimum Gasteiger partial charge on any atom is -0.472 e. The molecule has 0 bridgehead atoms. The van der Waals surface area contributed by atoms with Gasteiger partial charge in [0, 0.05) is 30.1 Å². The first-order valence-corrected chi connectivity index (χ1v) is 11.1. The number of nitrogens with one attached hydrogen (secondary N) is 1. The van der Waals surface area contributed by atoms with Gasteiger partial charge < -0.3 is 14.6 Å². The van der Waals surface area contributed by atoms with E-state index in [0.717, 1.165) is 23.4 Å². The highest BCUT2D eigenvalue weighted by Crippen LogP contribution is 2.26. The van der Waals surface area contributed by atoms with Gasteiger partial charge in [0.1, 0.15) is 17.0 Å². The van der Waals surface area contributed by atoms with Crippen LogP contribution in [0.5, 0.6) is 0 Å². The second-order valence-electron chi connectivity index (χ2n) is 7.87. The van der Waals surface area contributed by atoms with Crippen LogP contribution in [0.15, 0.2) is 52.7 Å². The van der Waals surface area contributed by atoms with Crippen LogP contribution in [0.2, 0.25) is 0 Å². The Hall–Kier alpha value is -2.93. The van der Waals surface area contributed by atoms with Gasteiger partial charge in [-0.15, -0.1) is 11.3 Å². The Balaban J connectivity index is 1.32. The predicted molar refractivity (Wildman–Crippen MR) is 117 cm³/mol. The van der Waals surface area contributed by atoms with E-state index >= 15 is 0 Å². The number of furan rings is 1. The fourth-order valence-corrected chi connectivity index (χ4v) is 4.38. The van der Waals surface area contributed by atoms with Crippen LogP contribution in [0.1, 0.15) is 59.0 Å². The van der Waals surface area contributed by atoms with Gasteiger partial charge in [-0.3, -0.25) is 9.59 Å². The van der Waals surface area contributed by atoms with E-state index in [4.69, 9.17) is 4.42 Å². The summed E-state index contributed by atoms with van der Waals surface area (Å²) in [6.45, 7) is 5.55. The topological polar surface area (TPSA) is 75.4 Å². The van der Waals surface area contributed by atoms with E-state index in [1.54, 1.807) is 16.3 Å². The molecular weight excluding hydrogens is 398 g/mol. The van der Waals surface area contributed by atoms with Crippen LogP contribution < -0.4 is 5.32 Å². The van der Waals surface area contributed by atoms with Crippen LogP contribution >= 0.6 is 11.3 Å². The van der Waals surface area contributed by atoms with Crippen molar-refractivity contribution in [2.75, 3.05) is 13.1 Å². The molecule has 30 heavy (non-hydrogen) atoms. The minimum atomic E-state index is -0.157. The molecule has 1 aromatic carbocycles. The first kappa shape index (κ1) is 20.3. The molecule has 3 heterocycles. The zero-order valence-corrected chi connectivity index (χ0v) is 17.9. The maximum Gasteiger partial charge on any atom is 0.270 e. The zero-order valence-electron chi connectivity index (χ0n) is 17.1. The largest absolute Gasteiger partial charge is 0.472 e. The Labute approximate surface area is 179 Å². The number of thiazole rings is 1. The van der Waals surface area contributed by atoms with E-state index in [9.17, 15) is 9.59 Å². The van der Waals surface area contributed by atoms with Gasteiger partial charge in [0.05, 0.1) is 11.8 Å². The average molecular weight is 424 g/mol. The molecule has 7 heteroatoms. The highest BCUT2D eigenvalue weighted by Gasteiger charge is 2.26. The van der Waals surface area contributed by atoms with Gasteiger partial charge in [0.25, 0.3) is 11.8 Å². The molecule has 0 atom stereocenters. The number of likely N-dealkylation sites (tertiary alicyclic amines) is 1. The molecule has 0 aliphatic carbocycles. The summed E-state index contributed by atoms with van der Waals surface area (Å²) in [5.74, 6) is 0.301. The fourth-order valence-electron chi connectivity index (χ4n) is 3.58. The number of piperidine rings is 1. The van der Waals surface area contributed by atoms with E-state index in [1.165, 1.54) is 29.4 Å². The highest BCUT2D eigenvalue weighted by molar-refractivity contribution is 7.13. The number of aromatic nitrogens is 1. The Morgan fingerprint density at radius 1 is 1.17 bits per heavy atom. The standard InChI is InChI=1S/C23H25N3O3S/c1-15(2)16-3-5-17(6-4-16)22-25-20(14-30-22)21(27)24-19-7-10-26(11-8-19)23(28)18-9-12-29-13-18/h3-6,9,12-15,19H,7-8,10-11H2,1-2H3,(H,24,27). The first-order valence-electron chi connectivity index (χ1n) is 10.2. The average Bonchev–Trinajstić information content (AvgIpc) is 3.46. The van der Waals surface area contributed by atoms with Gasteiger partial charge >= 0.3 is 0 Å². The molecule has 6 nitrogen and oxygen atoms in total. The molecule has 2 amide bonds. The van der Waals surface area contributed by atoms with Crippen molar-refractivity contribution >= 4 is 23.2 Å². The number of amides is 2. The van der Waals surface area contributed by atoms with Crippen LogP contribution in [-0.2, 0) is 0 Å². The molecule has 156 valence electrons. The lowest BCUT2D eigenvalue weighted by Gasteiger charge is -2.32. The zero-order chi connectivity index (χ0) is 21.1. The molecule has 1 N–H and O–H groups in total. The number of carbonyl (C=O) groups excluding carboxylic acids is 2. The summed E-state index contributed by atoms with van der Waals surface area (Å²) < 4.78 is 4.99. The molecule has 1 aliphatic heterocycles. The van der Waals surface area contributed by atoms with Gasteiger partial charge in [0.15, 0.2) is 0 Å². The Bertz CT molecular complexity index is 1000. The van der Waals surface area contributed by atoms with E-state index in [0.29, 0.717) is 30.3 Å². The summed E-state index contributed by atoms with van der Waals surface area (Å²) in [4.78, 5) is 31.3. The van der Waals surface area contributed by atoms with Gasteiger partial charge in [-0.1, -0.05) is 38.1 Å². The molecule has 1 aliphatic rings. The summed E-state index contributed by atoms with van der Waals surface area (Å²) in [5.41, 5.74) is 3.31. The van der Waals surface area contributed by atoms with Crippen molar-refractivity contribution in [2.24, 2.45) is 0 Å². The third kappa shape index (κ3) is 4.46. The van der Waals surface area contributed by atoms with E-state index in [-0.39, 0.29) is 17.9 Å². The monoisotopic (exact) mass is 423 g/mol. The van der Waals surface area contributed by atoms with Crippen LogP contribution in [0.25, 0.3) is 10.6 Å². The molecule has 0 spiro atoms. The maximum atomic E-state index is 12.6. The number of nitrogens with zero attached hydrogens (tertiary/aromatic N) is 2. The lowest BCUT2D eigenvalue weighted by Crippen LogP contribution is -2.46. The van der Waals surface area contributed by atoms with Crippen molar-refractivity contribution in [3.05, 3.63) is 65.1 Å².